The summed E-state index contributed by atoms with van der Waals surface area (Å²) in [5.74, 6) is -0.0368. The van der Waals surface area contributed by atoms with E-state index in [1.165, 1.54) is 12.1 Å². The van der Waals surface area contributed by atoms with Gasteiger partial charge in [-0.05, 0) is 68.0 Å². The van der Waals surface area contributed by atoms with Crippen LogP contribution < -0.4 is 10.6 Å². The van der Waals surface area contributed by atoms with E-state index in [1.54, 1.807) is 12.1 Å². The van der Waals surface area contributed by atoms with E-state index in [4.69, 9.17) is 0 Å². The minimum absolute atomic E-state index is 0.00495. The zero-order valence-corrected chi connectivity index (χ0v) is 16.0. The summed E-state index contributed by atoms with van der Waals surface area (Å²) in [5, 5.41) is 6.03. The molecule has 5 heteroatoms. The van der Waals surface area contributed by atoms with Crippen LogP contribution in [0.4, 0.5) is 10.1 Å². The van der Waals surface area contributed by atoms with Crippen LogP contribution in [-0.2, 0) is 15.0 Å². The largest absolute Gasteiger partial charge is 0.349 e. The van der Waals surface area contributed by atoms with Gasteiger partial charge in [-0.2, -0.15) is 0 Å². The van der Waals surface area contributed by atoms with Crippen LogP contribution >= 0.6 is 0 Å². The first kappa shape index (κ1) is 18.7. The molecular weight excluding hydrogens is 355 g/mol. The molecule has 2 fully saturated rings. The monoisotopic (exact) mass is 380 g/mol. The van der Waals surface area contributed by atoms with Gasteiger partial charge in [-0.3, -0.25) is 9.59 Å². The molecule has 0 unspecified atom stereocenters. The fourth-order valence-corrected chi connectivity index (χ4v) is 3.81. The van der Waals surface area contributed by atoms with Gasteiger partial charge in [0.25, 0.3) is 0 Å². The van der Waals surface area contributed by atoms with Crippen molar-refractivity contribution in [2.75, 3.05) is 5.32 Å². The lowest BCUT2D eigenvalue weighted by molar-refractivity contribution is -0.130. The summed E-state index contributed by atoms with van der Waals surface area (Å²) in [7, 11) is 0. The summed E-state index contributed by atoms with van der Waals surface area (Å²) in [5.41, 5.74) is 2.11. The average Bonchev–Trinajstić information content (AvgIpc) is 3.48. The molecule has 2 saturated carbocycles. The van der Waals surface area contributed by atoms with E-state index in [2.05, 4.69) is 10.6 Å². The Morgan fingerprint density at radius 2 is 1.68 bits per heavy atom. The predicted molar refractivity (Wildman–Crippen MR) is 106 cm³/mol. The van der Waals surface area contributed by atoms with E-state index < -0.39 is 5.41 Å². The molecule has 2 aromatic rings. The van der Waals surface area contributed by atoms with Crippen molar-refractivity contribution in [1.82, 2.24) is 5.32 Å². The highest BCUT2D eigenvalue weighted by atomic mass is 19.1. The Morgan fingerprint density at radius 1 is 1.04 bits per heavy atom. The van der Waals surface area contributed by atoms with Gasteiger partial charge < -0.3 is 10.6 Å². The minimum atomic E-state index is -0.521. The number of amides is 2. The summed E-state index contributed by atoms with van der Waals surface area (Å²) >= 11 is 0. The predicted octanol–water partition coefficient (Wildman–Crippen LogP) is 4.47. The van der Waals surface area contributed by atoms with Gasteiger partial charge in [0.15, 0.2) is 0 Å². The molecule has 0 bridgehead atoms. The molecule has 4 nitrogen and oxygen atoms in total. The van der Waals surface area contributed by atoms with Crippen molar-refractivity contribution < 1.29 is 14.0 Å². The smallest absolute Gasteiger partial charge is 0.231 e. The number of carbonyl (C=O) groups is 2. The third-order valence-electron chi connectivity index (χ3n) is 6.01. The first-order valence-corrected chi connectivity index (χ1v) is 9.96. The van der Waals surface area contributed by atoms with Crippen molar-refractivity contribution in [3.8, 4) is 0 Å². The van der Waals surface area contributed by atoms with Gasteiger partial charge in [0.05, 0.1) is 11.5 Å². The molecule has 2 aromatic carbocycles. The van der Waals surface area contributed by atoms with Crippen LogP contribution in [0.15, 0.2) is 48.5 Å². The lowest BCUT2D eigenvalue weighted by atomic mass is 9.63. The van der Waals surface area contributed by atoms with Gasteiger partial charge in [-0.25, -0.2) is 4.39 Å². The summed E-state index contributed by atoms with van der Waals surface area (Å²) in [6.45, 7) is 1.91. The van der Waals surface area contributed by atoms with Gasteiger partial charge >= 0.3 is 0 Å². The second-order valence-electron chi connectivity index (χ2n) is 8.02. The van der Waals surface area contributed by atoms with Gasteiger partial charge in [0.1, 0.15) is 5.82 Å². The topological polar surface area (TPSA) is 58.2 Å². The molecular formula is C23H25FN2O2. The Bertz CT molecular complexity index is 868. The van der Waals surface area contributed by atoms with Crippen LogP contribution in [0.25, 0.3) is 0 Å². The summed E-state index contributed by atoms with van der Waals surface area (Å²) in [4.78, 5) is 25.0. The summed E-state index contributed by atoms with van der Waals surface area (Å²) in [6, 6.07) is 13.7. The first-order chi connectivity index (χ1) is 13.5. The van der Waals surface area contributed by atoms with Gasteiger partial charge in [-0.15, -0.1) is 0 Å². The molecule has 0 heterocycles. The van der Waals surface area contributed by atoms with E-state index in [-0.39, 0.29) is 29.6 Å². The third kappa shape index (κ3) is 3.66. The maximum Gasteiger partial charge on any atom is 0.231 e. The standard InChI is InChI=1S/C23H25FN2O2/c1-15(16-5-9-19(24)10-6-16)25-22(28)23(13-2-14-23)18-7-11-20(12-8-18)26-21(27)17-3-4-17/h5-12,15,17H,2-4,13-14H2,1H3,(H,25,28)(H,26,27)/t15-/m0/s1. The van der Waals surface area contributed by atoms with E-state index in [9.17, 15) is 14.0 Å². The average molecular weight is 380 g/mol. The molecule has 0 radical (unpaired) electrons. The lowest BCUT2D eigenvalue weighted by Gasteiger charge is -2.41. The van der Waals surface area contributed by atoms with Crippen LogP contribution in [0, 0.1) is 11.7 Å². The SMILES string of the molecule is C[C@H](NC(=O)C1(c2ccc(NC(=O)C3CC3)cc2)CCC1)c1ccc(F)cc1. The fourth-order valence-electron chi connectivity index (χ4n) is 3.81. The number of carbonyl (C=O) groups excluding carboxylic acids is 2. The number of hydrogen-bond acceptors (Lipinski definition) is 2. The molecule has 0 spiro atoms. The number of halogens is 1. The fraction of sp³-hybridized carbons (Fsp3) is 0.391. The van der Waals surface area contributed by atoms with Crippen LogP contribution in [0.2, 0.25) is 0 Å². The number of anilines is 1. The molecule has 2 aliphatic carbocycles. The number of nitrogens with one attached hydrogen (secondary N) is 2. The van der Waals surface area contributed by atoms with Crippen LogP contribution in [0.5, 0.6) is 0 Å². The van der Waals surface area contributed by atoms with Crippen molar-refractivity contribution in [2.24, 2.45) is 5.92 Å². The van der Waals surface area contributed by atoms with Crippen LogP contribution in [0.1, 0.15) is 56.2 Å². The Balaban J connectivity index is 1.45. The number of benzene rings is 2. The van der Waals surface area contributed by atoms with Gasteiger partial charge in [0, 0.05) is 11.6 Å². The summed E-state index contributed by atoms with van der Waals surface area (Å²) < 4.78 is 13.1. The van der Waals surface area contributed by atoms with Crippen LogP contribution in [-0.4, -0.2) is 11.8 Å². The zero-order chi connectivity index (χ0) is 19.7. The van der Waals surface area contributed by atoms with Crippen molar-refractivity contribution >= 4 is 17.5 Å². The highest BCUT2D eigenvalue weighted by molar-refractivity contribution is 5.94. The molecule has 2 aliphatic rings. The maximum atomic E-state index is 13.1. The Kier molecular flexibility index (Phi) is 4.92. The molecule has 2 amide bonds. The third-order valence-corrected chi connectivity index (χ3v) is 6.01. The van der Waals surface area contributed by atoms with E-state index in [0.29, 0.717) is 0 Å². The van der Waals surface area contributed by atoms with Gasteiger partial charge in [-0.1, -0.05) is 30.7 Å². The molecule has 2 N–H and O–H groups in total. The quantitative estimate of drug-likeness (QED) is 0.777. The first-order valence-electron chi connectivity index (χ1n) is 9.96. The van der Waals surface area contributed by atoms with Crippen molar-refractivity contribution in [3.63, 3.8) is 0 Å². The van der Waals surface area contributed by atoms with Gasteiger partial charge in [0.2, 0.25) is 11.8 Å². The molecule has 28 heavy (non-hydrogen) atoms. The second kappa shape index (κ2) is 7.38. The Labute approximate surface area is 164 Å². The molecule has 0 saturated heterocycles. The number of rotatable bonds is 6. The van der Waals surface area contributed by atoms with Crippen molar-refractivity contribution in [1.29, 1.82) is 0 Å². The normalized spacial score (nSPS) is 18.6. The highest BCUT2D eigenvalue weighted by Crippen LogP contribution is 2.44. The molecule has 1 atom stereocenters. The lowest BCUT2D eigenvalue weighted by Crippen LogP contribution is -2.49. The van der Waals surface area contributed by atoms with E-state index in [1.807, 2.05) is 31.2 Å². The molecule has 146 valence electrons. The minimum Gasteiger partial charge on any atom is -0.349 e. The molecule has 4 rings (SSSR count). The highest BCUT2D eigenvalue weighted by Gasteiger charge is 2.45. The Morgan fingerprint density at radius 3 is 2.21 bits per heavy atom. The maximum absolute atomic E-state index is 13.1. The van der Waals surface area contributed by atoms with E-state index >= 15 is 0 Å². The van der Waals surface area contributed by atoms with Crippen molar-refractivity contribution in [3.05, 3.63) is 65.5 Å². The Hall–Kier alpha value is -2.69. The number of hydrogen-bond donors (Lipinski definition) is 2. The van der Waals surface area contributed by atoms with Crippen molar-refractivity contribution in [2.45, 2.75) is 50.5 Å². The summed E-state index contributed by atoms with van der Waals surface area (Å²) in [6.07, 6.45) is 4.57. The zero-order valence-electron chi connectivity index (χ0n) is 16.0. The second-order valence-corrected chi connectivity index (χ2v) is 8.02. The van der Waals surface area contributed by atoms with Crippen LogP contribution in [0.3, 0.4) is 0 Å². The molecule has 0 aromatic heterocycles. The van der Waals surface area contributed by atoms with E-state index in [0.717, 1.165) is 48.9 Å². The molecule has 0 aliphatic heterocycles.